The van der Waals surface area contributed by atoms with Crippen molar-refractivity contribution in [2.75, 3.05) is 12.4 Å². The summed E-state index contributed by atoms with van der Waals surface area (Å²) in [5, 5.41) is 3.63. The number of rotatable bonds is 5. The summed E-state index contributed by atoms with van der Waals surface area (Å²) in [6, 6.07) is 0. The van der Waals surface area contributed by atoms with E-state index in [1.807, 2.05) is 13.8 Å². The SMILES string of the molecule is Cc1noc(C)c1S(=O)(=O)NCC(C)(C)CCl. The van der Waals surface area contributed by atoms with Crippen LogP contribution in [-0.2, 0) is 10.0 Å². The third-order valence-corrected chi connectivity index (χ3v) is 4.71. The van der Waals surface area contributed by atoms with Gasteiger partial charge < -0.3 is 4.52 Å². The zero-order valence-electron chi connectivity index (χ0n) is 10.4. The quantitative estimate of drug-likeness (QED) is 0.835. The molecule has 17 heavy (non-hydrogen) atoms. The third-order valence-electron chi connectivity index (χ3n) is 2.34. The highest BCUT2D eigenvalue weighted by Gasteiger charge is 2.26. The van der Waals surface area contributed by atoms with Crippen LogP contribution in [0.2, 0.25) is 0 Å². The van der Waals surface area contributed by atoms with E-state index >= 15 is 0 Å². The van der Waals surface area contributed by atoms with Crippen molar-refractivity contribution in [1.29, 1.82) is 0 Å². The molecule has 98 valence electrons. The summed E-state index contributed by atoms with van der Waals surface area (Å²) in [5.74, 6) is 0.663. The minimum absolute atomic E-state index is 0.114. The molecule has 7 heteroatoms. The van der Waals surface area contributed by atoms with E-state index in [0.717, 1.165) is 0 Å². The van der Waals surface area contributed by atoms with Gasteiger partial charge in [0.2, 0.25) is 10.0 Å². The van der Waals surface area contributed by atoms with Crippen molar-refractivity contribution in [2.24, 2.45) is 5.41 Å². The zero-order valence-corrected chi connectivity index (χ0v) is 11.9. The van der Waals surface area contributed by atoms with Crippen molar-refractivity contribution < 1.29 is 12.9 Å². The highest BCUT2D eigenvalue weighted by Crippen LogP contribution is 2.21. The van der Waals surface area contributed by atoms with Crippen molar-refractivity contribution in [3.8, 4) is 0 Å². The normalized spacial score (nSPS) is 13.0. The maximum absolute atomic E-state index is 12.0. The summed E-state index contributed by atoms with van der Waals surface area (Å²) in [7, 11) is -3.59. The number of nitrogens with one attached hydrogen (secondary N) is 1. The molecule has 0 aliphatic rings. The van der Waals surface area contributed by atoms with Crippen molar-refractivity contribution in [3.63, 3.8) is 0 Å². The van der Waals surface area contributed by atoms with E-state index in [-0.39, 0.29) is 16.9 Å². The Bertz CT molecular complexity index is 474. The molecule has 0 spiro atoms. The maximum Gasteiger partial charge on any atom is 0.245 e. The van der Waals surface area contributed by atoms with E-state index in [1.165, 1.54) is 0 Å². The number of aromatic nitrogens is 1. The van der Waals surface area contributed by atoms with Crippen molar-refractivity contribution in [3.05, 3.63) is 11.5 Å². The van der Waals surface area contributed by atoms with E-state index in [9.17, 15) is 8.42 Å². The van der Waals surface area contributed by atoms with E-state index in [0.29, 0.717) is 17.3 Å². The second kappa shape index (κ2) is 4.96. The summed E-state index contributed by atoms with van der Waals surface area (Å²) in [6.45, 7) is 7.20. The first-order valence-electron chi connectivity index (χ1n) is 5.18. The molecule has 0 bridgehead atoms. The van der Waals surface area contributed by atoms with Crippen LogP contribution in [0.4, 0.5) is 0 Å². The summed E-state index contributed by atoms with van der Waals surface area (Å²) < 4.78 is 31.5. The molecule has 0 aromatic carbocycles. The summed E-state index contributed by atoms with van der Waals surface area (Å²) >= 11 is 5.74. The first kappa shape index (κ1) is 14.5. The fourth-order valence-electron chi connectivity index (χ4n) is 1.27. The number of aryl methyl sites for hydroxylation is 2. The molecule has 0 saturated heterocycles. The van der Waals surface area contributed by atoms with E-state index in [2.05, 4.69) is 9.88 Å². The second-order valence-corrected chi connectivity index (χ2v) is 6.75. The Labute approximate surface area is 107 Å². The van der Waals surface area contributed by atoms with Crippen LogP contribution >= 0.6 is 11.6 Å². The number of alkyl halides is 1. The number of sulfonamides is 1. The highest BCUT2D eigenvalue weighted by atomic mass is 35.5. The van der Waals surface area contributed by atoms with Gasteiger partial charge in [-0.1, -0.05) is 19.0 Å². The number of hydrogen-bond acceptors (Lipinski definition) is 4. The molecule has 1 heterocycles. The first-order valence-corrected chi connectivity index (χ1v) is 7.20. The fraction of sp³-hybridized carbons (Fsp3) is 0.700. The Kier molecular flexibility index (Phi) is 4.22. The molecule has 0 radical (unpaired) electrons. The van der Waals surface area contributed by atoms with Gasteiger partial charge in [-0.2, -0.15) is 0 Å². The molecule has 0 aliphatic heterocycles. The molecule has 0 amide bonds. The summed E-state index contributed by atoms with van der Waals surface area (Å²) in [5.41, 5.74) is 0.0619. The Morgan fingerprint density at radius 2 is 2.00 bits per heavy atom. The Morgan fingerprint density at radius 3 is 2.41 bits per heavy atom. The van der Waals surface area contributed by atoms with Crippen LogP contribution in [0.1, 0.15) is 25.3 Å². The molecule has 0 unspecified atom stereocenters. The average molecular weight is 281 g/mol. The fourth-order valence-corrected chi connectivity index (χ4v) is 2.93. The minimum Gasteiger partial charge on any atom is -0.360 e. The van der Waals surface area contributed by atoms with Gasteiger partial charge in [0, 0.05) is 12.4 Å². The van der Waals surface area contributed by atoms with Crippen LogP contribution in [-0.4, -0.2) is 26.0 Å². The molecule has 1 aromatic heterocycles. The van der Waals surface area contributed by atoms with Gasteiger partial charge in [0.1, 0.15) is 10.6 Å². The van der Waals surface area contributed by atoms with Crippen LogP contribution in [0.25, 0.3) is 0 Å². The standard InChI is InChI=1S/C10H17ClN2O3S/c1-7-9(8(2)16-13-7)17(14,15)12-6-10(3,4)5-11/h12H,5-6H2,1-4H3. The van der Waals surface area contributed by atoms with Crippen molar-refractivity contribution in [1.82, 2.24) is 9.88 Å². The molecular weight excluding hydrogens is 264 g/mol. The molecule has 0 atom stereocenters. The number of halogens is 1. The van der Waals surface area contributed by atoms with Crippen molar-refractivity contribution >= 4 is 21.6 Å². The zero-order chi connectivity index (χ0) is 13.3. The van der Waals surface area contributed by atoms with Gasteiger partial charge in [-0.05, 0) is 19.3 Å². The van der Waals surface area contributed by atoms with E-state index < -0.39 is 10.0 Å². The highest BCUT2D eigenvalue weighted by molar-refractivity contribution is 7.89. The van der Waals surface area contributed by atoms with Gasteiger partial charge >= 0.3 is 0 Å². The molecule has 0 aliphatic carbocycles. The summed E-state index contributed by atoms with van der Waals surface area (Å²) in [4.78, 5) is 0.114. The molecule has 0 fully saturated rings. The molecule has 1 aromatic rings. The monoisotopic (exact) mass is 280 g/mol. The van der Waals surface area contributed by atoms with E-state index in [4.69, 9.17) is 16.1 Å². The lowest BCUT2D eigenvalue weighted by atomic mass is 9.97. The van der Waals surface area contributed by atoms with Crippen LogP contribution < -0.4 is 4.72 Å². The lowest BCUT2D eigenvalue weighted by molar-refractivity contribution is 0.390. The predicted octanol–water partition coefficient (Wildman–Crippen LogP) is 1.83. The average Bonchev–Trinajstić information content (AvgIpc) is 2.57. The van der Waals surface area contributed by atoms with Gasteiger partial charge in [0.05, 0.1) is 0 Å². The smallest absolute Gasteiger partial charge is 0.245 e. The predicted molar refractivity (Wildman–Crippen MR) is 65.7 cm³/mol. The van der Waals surface area contributed by atoms with Gasteiger partial charge in [0.25, 0.3) is 0 Å². The van der Waals surface area contributed by atoms with Crippen LogP contribution in [0.15, 0.2) is 9.42 Å². The summed E-state index contributed by atoms with van der Waals surface area (Å²) in [6.07, 6.45) is 0. The largest absolute Gasteiger partial charge is 0.360 e. The maximum atomic E-state index is 12.0. The lowest BCUT2D eigenvalue weighted by Gasteiger charge is -2.21. The Morgan fingerprint density at radius 1 is 1.41 bits per heavy atom. The number of nitrogens with zero attached hydrogens (tertiary/aromatic N) is 1. The van der Waals surface area contributed by atoms with Gasteiger partial charge in [-0.15, -0.1) is 11.6 Å². The molecule has 1 rings (SSSR count). The molecule has 1 N–H and O–H groups in total. The number of hydrogen-bond donors (Lipinski definition) is 1. The van der Waals surface area contributed by atoms with Gasteiger partial charge in [-0.25, -0.2) is 13.1 Å². The van der Waals surface area contributed by atoms with Crippen LogP contribution in [0.3, 0.4) is 0 Å². The topological polar surface area (TPSA) is 72.2 Å². The lowest BCUT2D eigenvalue weighted by Crippen LogP contribution is -2.35. The minimum atomic E-state index is -3.59. The van der Waals surface area contributed by atoms with Crippen LogP contribution in [0.5, 0.6) is 0 Å². The van der Waals surface area contributed by atoms with Gasteiger partial charge in [-0.3, -0.25) is 0 Å². The molecule has 0 saturated carbocycles. The molecular formula is C10H17ClN2O3S. The Hall–Kier alpha value is -0.590. The van der Waals surface area contributed by atoms with E-state index in [1.54, 1.807) is 13.8 Å². The van der Waals surface area contributed by atoms with Gasteiger partial charge in [0.15, 0.2) is 5.76 Å². The Balaban J connectivity index is 2.91. The third kappa shape index (κ3) is 3.43. The van der Waals surface area contributed by atoms with Crippen molar-refractivity contribution in [2.45, 2.75) is 32.6 Å². The first-order chi connectivity index (χ1) is 7.69. The second-order valence-electron chi connectivity index (χ2n) is 4.78. The molecule has 5 nitrogen and oxygen atoms in total. The van der Waals surface area contributed by atoms with Crippen LogP contribution in [0, 0.1) is 19.3 Å².